The lowest BCUT2D eigenvalue weighted by Gasteiger charge is -2.20. The zero-order valence-electron chi connectivity index (χ0n) is 21.6. The van der Waals surface area contributed by atoms with E-state index in [4.69, 9.17) is 11.2 Å². The Morgan fingerprint density at radius 2 is 1.29 bits per heavy atom. The number of aryl methyl sites for hydroxylation is 1. The van der Waals surface area contributed by atoms with Gasteiger partial charge in [-0.15, -0.1) is 0 Å². The van der Waals surface area contributed by atoms with Crippen molar-refractivity contribution in [2.75, 3.05) is 5.09 Å². The number of benzene rings is 3. The third kappa shape index (κ3) is 8.44. The fourth-order valence-electron chi connectivity index (χ4n) is 3.26. The van der Waals surface area contributed by atoms with Gasteiger partial charge in [0.1, 0.15) is 23.3 Å². The average Bonchev–Trinajstić information content (AvgIpc) is 2.96. The number of anilines is 1. The van der Waals surface area contributed by atoms with E-state index in [1.807, 2.05) is 6.92 Å². The summed E-state index contributed by atoms with van der Waals surface area (Å²) in [6.45, 7) is -2.03. The number of hydrogen-bond donors (Lipinski definition) is 2. The number of amides is 2. The number of non-ortho nitro benzene ring substituents is 2. The van der Waals surface area contributed by atoms with Gasteiger partial charge in [-0.2, -0.15) is 15.3 Å². The van der Waals surface area contributed by atoms with Crippen LogP contribution >= 0.6 is 17.9 Å². The van der Waals surface area contributed by atoms with Crippen LogP contribution in [-0.2, 0) is 9.59 Å². The van der Waals surface area contributed by atoms with Crippen LogP contribution in [0.15, 0.2) is 88.7 Å². The summed E-state index contributed by atoms with van der Waals surface area (Å²) in [6, 6.07) is 20.3. The Balaban J connectivity index is 1.99. The first-order valence-corrected chi connectivity index (χ1v) is 14.3. The lowest BCUT2D eigenvalue weighted by Crippen LogP contribution is -2.23. The minimum Gasteiger partial charge on any atom is -0.324 e. The van der Waals surface area contributed by atoms with Crippen molar-refractivity contribution in [3.63, 3.8) is 0 Å². The van der Waals surface area contributed by atoms with Gasteiger partial charge in [0.15, 0.2) is 0 Å². The molecule has 0 aliphatic heterocycles. The maximum absolute atomic E-state index is 13.1. The van der Waals surface area contributed by atoms with Crippen molar-refractivity contribution in [3.8, 4) is 12.1 Å². The van der Waals surface area contributed by atoms with E-state index in [2.05, 4.69) is 14.9 Å². The molecule has 13 nitrogen and oxygen atoms in total. The van der Waals surface area contributed by atoms with Crippen LogP contribution in [0.5, 0.6) is 0 Å². The first-order chi connectivity index (χ1) is 19.9. The topological polar surface area (TPSA) is 204 Å². The van der Waals surface area contributed by atoms with Crippen molar-refractivity contribution in [1.29, 1.82) is 10.5 Å². The van der Waals surface area contributed by atoms with Crippen LogP contribution in [0.1, 0.15) is 16.7 Å². The van der Waals surface area contributed by atoms with Gasteiger partial charge in [-0.25, -0.2) is 0 Å². The quantitative estimate of drug-likeness (QED) is 0.0928. The van der Waals surface area contributed by atoms with Crippen LogP contribution in [-0.4, -0.2) is 21.7 Å². The van der Waals surface area contributed by atoms with Gasteiger partial charge < -0.3 is 5.09 Å². The van der Waals surface area contributed by atoms with Crippen LogP contribution in [0.3, 0.4) is 0 Å². The highest BCUT2D eigenvalue weighted by Gasteiger charge is 2.25. The summed E-state index contributed by atoms with van der Waals surface area (Å²) >= 11 is 6.68. The van der Waals surface area contributed by atoms with Gasteiger partial charge in [0.05, 0.1) is 9.85 Å². The number of halogens is 1. The van der Waals surface area contributed by atoms with Gasteiger partial charge in [0, 0.05) is 30.0 Å². The fourth-order valence-corrected chi connectivity index (χ4v) is 5.38. The standard InChI is InChI=1S/C27H19ClN7O6P/c1-18-2-8-23(9-3-18)31-42(28,32-26(36)21(16-29)14-19-4-10-24(11-5-19)34(38)39)33-27(37)22(17-30)15-20-6-12-25(13-7-20)35(40)41/h2-15,31H,1H3,(H,32,36)/b21-14-,22-15-. The molecule has 15 heteroatoms. The molecule has 2 N–H and O–H groups in total. The predicted octanol–water partition coefficient (Wildman–Crippen LogP) is 6.27. The molecule has 0 spiro atoms. The summed E-state index contributed by atoms with van der Waals surface area (Å²) in [5.41, 5.74) is 0.599. The maximum Gasteiger partial charge on any atom is 0.290 e. The molecule has 1 unspecified atom stereocenters. The number of nitriles is 2. The van der Waals surface area contributed by atoms with E-state index >= 15 is 0 Å². The Labute approximate surface area is 243 Å². The molecule has 1 atom stereocenters. The first-order valence-electron chi connectivity index (χ1n) is 11.7. The lowest BCUT2D eigenvalue weighted by molar-refractivity contribution is -0.385. The van der Waals surface area contributed by atoms with Crippen molar-refractivity contribution < 1.29 is 19.4 Å². The average molecular weight is 604 g/mol. The number of carbonyl (C=O) groups excluding carboxylic acids is 2. The molecule has 0 bridgehead atoms. The molecule has 0 saturated carbocycles. The number of nitrogens with one attached hydrogen (secondary N) is 2. The second-order valence-electron chi connectivity index (χ2n) is 8.42. The number of nitrogens with zero attached hydrogens (tertiary/aromatic N) is 5. The van der Waals surface area contributed by atoms with E-state index in [1.54, 1.807) is 36.4 Å². The molecular weight excluding hydrogens is 585 g/mol. The normalized spacial score (nSPS) is 12.6. The Morgan fingerprint density at radius 3 is 1.71 bits per heavy atom. The lowest BCUT2D eigenvalue weighted by atomic mass is 10.1. The van der Waals surface area contributed by atoms with Crippen molar-refractivity contribution >= 4 is 59.0 Å². The molecule has 0 saturated heterocycles. The van der Waals surface area contributed by atoms with E-state index in [-0.39, 0.29) is 11.4 Å². The van der Waals surface area contributed by atoms with Crippen LogP contribution in [0.25, 0.3) is 12.2 Å². The molecule has 0 aliphatic carbocycles. The molecule has 0 fully saturated rings. The second-order valence-corrected chi connectivity index (χ2v) is 11.6. The number of carbonyl (C=O) groups is 2. The Hall–Kier alpha value is -5.62. The van der Waals surface area contributed by atoms with Crippen molar-refractivity contribution in [2.45, 2.75) is 6.92 Å². The molecule has 0 radical (unpaired) electrons. The zero-order chi connectivity index (χ0) is 30.9. The van der Waals surface area contributed by atoms with Crippen molar-refractivity contribution in [2.24, 2.45) is 4.74 Å². The Bertz CT molecular complexity index is 1750. The molecule has 0 heterocycles. The second kappa shape index (κ2) is 13.6. The SMILES string of the molecule is Cc1ccc(NP(Cl)(=NC(=O)/C(C#N)=C\c2ccc([N+](=O)[O-])cc2)NC(=O)/C(C#N)=C\c2ccc([N+](=O)[O-])cc2)cc1. The Morgan fingerprint density at radius 1 is 0.833 bits per heavy atom. The third-order valence-corrected chi connectivity index (χ3v) is 7.60. The molecule has 0 aromatic heterocycles. The van der Waals surface area contributed by atoms with Crippen LogP contribution < -0.4 is 10.2 Å². The number of nitro groups is 2. The molecule has 42 heavy (non-hydrogen) atoms. The highest BCUT2D eigenvalue weighted by atomic mass is 35.7. The summed E-state index contributed by atoms with van der Waals surface area (Å²) in [7, 11) is 0. The smallest absolute Gasteiger partial charge is 0.290 e. The largest absolute Gasteiger partial charge is 0.324 e. The first kappa shape index (κ1) is 30.9. The van der Waals surface area contributed by atoms with E-state index in [0.717, 1.165) is 11.6 Å². The summed E-state index contributed by atoms with van der Waals surface area (Å²) < 4.78 is 3.92. The van der Waals surface area contributed by atoms with Gasteiger partial charge in [-0.05, 0) is 77.8 Å². The highest BCUT2D eigenvalue weighted by molar-refractivity contribution is 7.91. The van der Waals surface area contributed by atoms with Gasteiger partial charge >= 0.3 is 0 Å². The molecule has 0 aliphatic rings. The minimum absolute atomic E-state index is 0.185. The van der Waals surface area contributed by atoms with Crippen molar-refractivity contribution in [1.82, 2.24) is 5.09 Å². The number of rotatable bonds is 9. The van der Waals surface area contributed by atoms with Crippen LogP contribution in [0, 0.1) is 49.8 Å². The fraction of sp³-hybridized carbons (Fsp3) is 0.0370. The molecule has 3 aromatic rings. The minimum atomic E-state index is -3.87. The van der Waals surface area contributed by atoms with Crippen LogP contribution in [0.2, 0.25) is 0 Å². The molecular formula is C27H19ClN7O6P. The van der Waals surface area contributed by atoms with E-state index in [0.29, 0.717) is 16.8 Å². The van der Waals surface area contributed by atoms with E-state index < -0.39 is 39.5 Å². The number of nitro benzene ring substituents is 2. The van der Waals surface area contributed by atoms with Crippen LogP contribution in [0.4, 0.5) is 17.1 Å². The van der Waals surface area contributed by atoms with Crippen molar-refractivity contribution in [3.05, 3.63) is 121 Å². The van der Waals surface area contributed by atoms with Gasteiger partial charge in [-0.1, -0.05) is 17.7 Å². The van der Waals surface area contributed by atoms with Gasteiger partial charge in [0.2, 0.25) is 6.71 Å². The summed E-state index contributed by atoms with van der Waals surface area (Å²) in [4.78, 5) is 46.7. The monoisotopic (exact) mass is 603 g/mol. The van der Waals surface area contributed by atoms with Gasteiger partial charge in [0.25, 0.3) is 23.2 Å². The molecule has 3 rings (SSSR count). The molecule has 210 valence electrons. The summed E-state index contributed by atoms with van der Waals surface area (Å²) in [5.74, 6) is -2.11. The van der Waals surface area contributed by atoms with E-state index in [1.165, 1.54) is 54.6 Å². The Kier molecular flexibility index (Phi) is 10.0. The van der Waals surface area contributed by atoms with Gasteiger partial charge in [-0.3, -0.25) is 34.9 Å². The zero-order valence-corrected chi connectivity index (χ0v) is 23.2. The maximum atomic E-state index is 13.1. The summed E-state index contributed by atoms with van der Waals surface area (Å²) in [6.07, 6.45) is 2.32. The highest BCUT2D eigenvalue weighted by Crippen LogP contribution is 2.51. The summed E-state index contributed by atoms with van der Waals surface area (Å²) in [5, 5.41) is 46.2. The van der Waals surface area contributed by atoms with E-state index in [9.17, 15) is 40.3 Å². The molecule has 2 amide bonds. The number of hydrogen-bond acceptors (Lipinski definition) is 8. The molecule has 3 aromatic carbocycles. The third-order valence-electron chi connectivity index (χ3n) is 5.35. The predicted molar refractivity (Wildman–Crippen MR) is 157 cm³/mol.